The molecule has 0 saturated carbocycles. The molecule has 176 valence electrons. The molecule has 0 aliphatic rings. The van der Waals surface area contributed by atoms with Crippen LogP contribution in [0.4, 0.5) is 4.39 Å². The predicted molar refractivity (Wildman–Crippen MR) is 126 cm³/mol. The fourth-order valence-electron chi connectivity index (χ4n) is 2.97. The monoisotopic (exact) mass is 513 g/mol. The van der Waals surface area contributed by atoms with Crippen LogP contribution in [0.1, 0.15) is 15.9 Å². The molecular formula is C21H21ClFN3O5S2. The van der Waals surface area contributed by atoms with Gasteiger partial charge in [-0.15, -0.1) is 0 Å². The maximum atomic E-state index is 14.3. The fraction of sp³-hybridized carbons (Fsp3) is 0.238. The zero-order chi connectivity index (χ0) is 24.0. The summed E-state index contributed by atoms with van der Waals surface area (Å²) in [6.45, 7) is 0.182. The number of aliphatic hydroxyl groups excluding tert-OH is 1. The van der Waals surface area contributed by atoms with Gasteiger partial charge in [0.05, 0.1) is 12.1 Å². The molecule has 8 nitrogen and oxygen atoms in total. The second kappa shape index (κ2) is 11.1. The maximum Gasteiger partial charge on any atom is 0.256 e. The van der Waals surface area contributed by atoms with E-state index in [9.17, 15) is 22.7 Å². The van der Waals surface area contributed by atoms with Gasteiger partial charge in [0.25, 0.3) is 5.91 Å². The van der Waals surface area contributed by atoms with Gasteiger partial charge in [0.15, 0.2) is 0 Å². The van der Waals surface area contributed by atoms with E-state index in [-0.39, 0.29) is 36.2 Å². The molecule has 1 aromatic heterocycles. The summed E-state index contributed by atoms with van der Waals surface area (Å²) < 4.78 is 42.0. The van der Waals surface area contributed by atoms with Gasteiger partial charge in [-0.3, -0.25) is 9.78 Å². The van der Waals surface area contributed by atoms with Crippen LogP contribution in [-0.2, 0) is 16.6 Å². The molecule has 0 saturated heterocycles. The van der Waals surface area contributed by atoms with Crippen molar-refractivity contribution in [2.45, 2.75) is 11.4 Å². The average molecular weight is 514 g/mol. The third-order valence-electron chi connectivity index (χ3n) is 4.55. The van der Waals surface area contributed by atoms with Gasteiger partial charge in [-0.05, 0) is 29.8 Å². The summed E-state index contributed by atoms with van der Waals surface area (Å²) in [7, 11) is -4.15. The summed E-state index contributed by atoms with van der Waals surface area (Å²) in [4.78, 5) is 16.1. The lowest BCUT2D eigenvalue weighted by Gasteiger charge is -2.12. The van der Waals surface area contributed by atoms with E-state index in [1.807, 2.05) is 0 Å². The zero-order valence-corrected chi connectivity index (χ0v) is 19.6. The van der Waals surface area contributed by atoms with Gasteiger partial charge in [-0.1, -0.05) is 23.7 Å². The van der Waals surface area contributed by atoms with Crippen molar-refractivity contribution in [3.05, 3.63) is 64.6 Å². The highest BCUT2D eigenvalue weighted by atomic mass is 35.5. The molecule has 1 amide bonds. The molecule has 0 fully saturated rings. The first-order valence-corrected chi connectivity index (χ1v) is 12.8. The molecule has 0 bridgehead atoms. The van der Waals surface area contributed by atoms with Crippen LogP contribution in [0, 0.1) is 5.82 Å². The number of hydrogen-bond donors (Lipinski definition) is 4. The Hall–Kier alpha value is -2.44. The van der Waals surface area contributed by atoms with E-state index in [2.05, 4.69) is 15.0 Å². The van der Waals surface area contributed by atoms with Crippen molar-refractivity contribution in [2.75, 3.05) is 24.7 Å². The summed E-state index contributed by atoms with van der Waals surface area (Å²) >= 11 is 7.18. The van der Waals surface area contributed by atoms with Crippen molar-refractivity contribution >= 4 is 50.2 Å². The number of amides is 1. The topological polar surface area (TPSA) is 129 Å². The fourth-order valence-corrected chi connectivity index (χ4v) is 5.01. The van der Waals surface area contributed by atoms with Gasteiger partial charge >= 0.3 is 0 Å². The van der Waals surface area contributed by atoms with Crippen LogP contribution in [0.5, 0.6) is 5.75 Å². The molecule has 33 heavy (non-hydrogen) atoms. The number of carbonyl (C=O) groups excluding carboxylic acids is 1. The molecule has 1 heterocycles. The van der Waals surface area contributed by atoms with Crippen LogP contribution >= 0.6 is 23.4 Å². The normalized spacial score (nSPS) is 11.6. The molecule has 3 rings (SSSR count). The number of hydrogen-bond acceptors (Lipinski definition) is 7. The van der Waals surface area contributed by atoms with Gasteiger partial charge < -0.3 is 15.5 Å². The Kier molecular flexibility index (Phi) is 8.49. The second-order valence-corrected chi connectivity index (χ2v) is 10.3. The Labute approximate surface area is 199 Å². The SMILES string of the molecule is O=C(NCc1ccc(Cl)cc1)c1cnc2c(S(=O)(=O)NCCSCCO)cc(F)cc2c1O. The molecular weight excluding hydrogens is 493 g/mol. The van der Waals surface area contributed by atoms with Crippen LogP contribution in [0.3, 0.4) is 0 Å². The van der Waals surface area contributed by atoms with Crippen LogP contribution in [0.25, 0.3) is 10.9 Å². The van der Waals surface area contributed by atoms with Gasteiger partial charge in [-0.25, -0.2) is 17.5 Å². The number of aromatic hydroxyl groups is 1. The van der Waals surface area contributed by atoms with E-state index in [0.29, 0.717) is 16.5 Å². The summed E-state index contributed by atoms with van der Waals surface area (Å²) in [5.74, 6) is -1.28. The van der Waals surface area contributed by atoms with E-state index in [0.717, 1.165) is 23.9 Å². The highest BCUT2D eigenvalue weighted by molar-refractivity contribution is 7.99. The number of fused-ring (bicyclic) bond motifs is 1. The number of nitrogens with zero attached hydrogens (tertiary/aromatic N) is 1. The number of thioether (sulfide) groups is 1. The number of pyridine rings is 1. The zero-order valence-electron chi connectivity index (χ0n) is 17.2. The predicted octanol–water partition coefficient (Wildman–Crippen LogP) is 2.67. The molecule has 0 aliphatic carbocycles. The Balaban J connectivity index is 1.85. The number of halogens is 2. The molecule has 0 radical (unpaired) electrons. The van der Waals surface area contributed by atoms with Crippen molar-refractivity contribution < 1.29 is 27.8 Å². The lowest BCUT2D eigenvalue weighted by Crippen LogP contribution is -2.27. The van der Waals surface area contributed by atoms with Gasteiger partial charge in [0.1, 0.15) is 22.0 Å². The lowest BCUT2D eigenvalue weighted by atomic mass is 10.1. The number of nitrogens with one attached hydrogen (secondary N) is 2. The van der Waals surface area contributed by atoms with Crippen molar-refractivity contribution in [3.8, 4) is 5.75 Å². The van der Waals surface area contributed by atoms with Gasteiger partial charge in [-0.2, -0.15) is 11.8 Å². The summed E-state index contributed by atoms with van der Waals surface area (Å²) in [5.41, 5.74) is 0.376. The molecule has 0 spiro atoms. The van der Waals surface area contributed by atoms with Gasteiger partial charge in [0.2, 0.25) is 10.0 Å². The van der Waals surface area contributed by atoms with Gasteiger partial charge in [0, 0.05) is 41.2 Å². The van der Waals surface area contributed by atoms with Crippen LogP contribution in [0.2, 0.25) is 5.02 Å². The van der Waals surface area contributed by atoms with E-state index < -0.39 is 32.4 Å². The maximum absolute atomic E-state index is 14.3. The lowest BCUT2D eigenvalue weighted by molar-refractivity contribution is 0.0948. The first kappa shape index (κ1) is 25.2. The Bertz CT molecular complexity index is 1260. The first-order chi connectivity index (χ1) is 15.7. The molecule has 0 aliphatic heterocycles. The molecule has 0 unspecified atom stereocenters. The summed E-state index contributed by atoms with van der Waals surface area (Å²) in [5, 5.41) is 22.4. The van der Waals surface area contributed by atoms with Crippen molar-refractivity contribution in [3.63, 3.8) is 0 Å². The molecule has 4 N–H and O–H groups in total. The van der Waals surface area contributed by atoms with Crippen LogP contribution in [0.15, 0.2) is 47.5 Å². The van der Waals surface area contributed by atoms with E-state index >= 15 is 0 Å². The largest absolute Gasteiger partial charge is 0.506 e. The average Bonchev–Trinajstić information content (AvgIpc) is 2.78. The molecule has 2 aromatic carbocycles. The quantitative estimate of drug-likeness (QED) is 0.307. The van der Waals surface area contributed by atoms with Crippen LogP contribution < -0.4 is 10.0 Å². The molecule has 0 atom stereocenters. The number of aliphatic hydroxyl groups is 1. The summed E-state index contributed by atoms with van der Waals surface area (Å²) in [6, 6.07) is 8.51. The number of carbonyl (C=O) groups is 1. The Morgan fingerprint density at radius 2 is 1.91 bits per heavy atom. The second-order valence-electron chi connectivity index (χ2n) is 6.86. The first-order valence-electron chi connectivity index (χ1n) is 9.75. The molecule has 3 aromatic rings. The minimum Gasteiger partial charge on any atom is -0.506 e. The van der Waals surface area contributed by atoms with Crippen molar-refractivity contribution in [1.82, 2.24) is 15.0 Å². The standard InChI is InChI=1S/C21H21ClFN3O5S2/c22-14-3-1-13(2-4-14)11-25-21(29)17-12-24-19-16(20(17)28)9-15(23)10-18(19)33(30,31)26-5-7-32-8-6-27/h1-4,9-10,12,26-27H,5-8,11H2,(H,24,28)(H,25,29). The number of aromatic nitrogens is 1. The Morgan fingerprint density at radius 3 is 2.61 bits per heavy atom. The smallest absolute Gasteiger partial charge is 0.256 e. The number of rotatable bonds is 10. The van der Waals surface area contributed by atoms with Crippen molar-refractivity contribution in [2.24, 2.45) is 0 Å². The van der Waals surface area contributed by atoms with E-state index in [1.165, 1.54) is 11.8 Å². The van der Waals surface area contributed by atoms with Crippen molar-refractivity contribution in [1.29, 1.82) is 0 Å². The highest BCUT2D eigenvalue weighted by Crippen LogP contribution is 2.32. The summed E-state index contributed by atoms with van der Waals surface area (Å²) in [6.07, 6.45) is 1.04. The Morgan fingerprint density at radius 1 is 1.18 bits per heavy atom. The third kappa shape index (κ3) is 6.33. The van der Waals surface area contributed by atoms with E-state index in [4.69, 9.17) is 16.7 Å². The third-order valence-corrected chi connectivity index (χ3v) is 7.24. The molecule has 12 heteroatoms. The minimum atomic E-state index is -4.15. The number of benzene rings is 2. The number of sulfonamides is 1. The minimum absolute atomic E-state index is 0.0231. The van der Waals surface area contributed by atoms with E-state index in [1.54, 1.807) is 24.3 Å². The highest BCUT2D eigenvalue weighted by Gasteiger charge is 2.23. The van der Waals surface area contributed by atoms with Crippen LogP contribution in [-0.4, -0.2) is 54.2 Å².